The van der Waals surface area contributed by atoms with Crippen LogP contribution in [0.25, 0.3) is 5.69 Å². The topological polar surface area (TPSA) is 40.5 Å². The lowest BCUT2D eigenvalue weighted by molar-refractivity contribution is 0.111. The van der Waals surface area contributed by atoms with Crippen LogP contribution in [0.2, 0.25) is 0 Å². The molecule has 2 aromatic rings. The number of carbonyl (C=O) groups excluding carboxylic acids is 1. The fourth-order valence-electron chi connectivity index (χ4n) is 1.69. The lowest BCUT2D eigenvalue weighted by Gasteiger charge is -2.12. The lowest BCUT2D eigenvalue weighted by atomic mass is 10.2. The van der Waals surface area contributed by atoms with Crippen LogP contribution in [0.3, 0.4) is 0 Å². The number of nitrogens with zero attached hydrogens (tertiary/aromatic N) is 1. The Morgan fingerprint density at radius 2 is 2.00 bits per heavy atom. The second kappa shape index (κ2) is 4.74. The van der Waals surface area contributed by atoms with Crippen LogP contribution in [0.4, 0.5) is 0 Å². The maximum absolute atomic E-state index is 10.9. The number of rotatable bonds is 4. The fraction of sp³-hybridized carbons (Fsp3) is 0.154. The van der Waals surface area contributed by atoms with E-state index in [1.165, 1.54) is 0 Å². The summed E-state index contributed by atoms with van der Waals surface area (Å²) in [6.07, 6.45) is 2.62. The van der Waals surface area contributed by atoms with Crippen LogP contribution in [-0.2, 0) is 0 Å². The number of benzene rings is 1. The smallest absolute Gasteiger partial charge is 0.166 e. The summed E-state index contributed by atoms with van der Waals surface area (Å²) in [5, 5.41) is 0. The monoisotopic (exact) mass is 231 g/mol. The molecule has 1 aromatic heterocycles. The molecule has 0 spiro atoms. The quantitative estimate of drug-likeness (QED) is 0.758. The van der Waals surface area contributed by atoms with Crippen molar-refractivity contribution in [2.24, 2.45) is 0 Å². The lowest BCUT2D eigenvalue weighted by Crippen LogP contribution is -2.00. The number of hydrogen-bond donors (Lipinski definition) is 0. The highest BCUT2D eigenvalue weighted by Gasteiger charge is 2.09. The molecule has 0 aliphatic heterocycles. The molecule has 88 valence electrons. The van der Waals surface area contributed by atoms with Crippen LogP contribution in [-0.4, -0.2) is 25.1 Å². The fourth-order valence-corrected chi connectivity index (χ4v) is 1.69. The molecule has 17 heavy (non-hydrogen) atoms. The van der Waals surface area contributed by atoms with Gasteiger partial charge in [0.05, 0.1) is 25.6 Å². The molecule has 0 saturated heterocycles. The van der Waals surface area contributed by atoms with Gasteiger partial charge in [0.25, 0.3) is 0 Å². The molecule has 1 heterocycles. The Hall–Kier alpha value is -2.23. The van der Waals surface area contributed by atoms with Crippen LogP contribution < -0.4 is 9.47 Å². The molecule has 0 fully saturated rings. The first-order valence-corrected chi connectivity index (χ1v) is 5.15. The van der Waals surface area contributed by atoms with Crippen molar-refractivity contribution >= 4 is 6.29 Å². The largest absolute Gasteiger partial charge is 0.497 e. The van der Waals surface area contributed by atoms with Crippen molar-refractivity contribution in [3.8, 4) is 17.2 Å². The van der Waals surface area contributed by atoms with Gasteiger partial charge in [-0.25, -0.2) is 0 Å². The normalized spacial score (nSPS) is 10.0. The van der Waals surface area contributed by atoms with E-state index in [9.17, 15) is 4.79 Å². The zero-order valence-electron chi connectivity index (χ0n) is 9.71. The van der Waals surface area contributed by atoms with Crippen LogP contribution >= 0.6 is 0 Å². The van der Waals surface area contributed by atoms with Gasteiger partial charge in [0.2, 0.25) is 0 Å². The van der Waals surface area contributed by atoms with Crippen molar-refractivity contribution in [1.82, 2.24) is 4.57 Å². The molecular formula is C13H13NO3. The van der Waals surface area contributed by atoms with E-state index in [2.05, 4.69) is 0 Å². The SMILES string of the molecule is COc1ccc(-n2cccc2C=O)c(OC)c1. The van der Waals surface area contributed by atoms with Crippen LogP contribution in [0, 0.1) is 0 Å². The average Bonchev–Trinajstić information content (AvgIpc) is 2.85. The molecule has 4 nitrogen and oxygen atoms in total. The first-order valence-electron chi connectivity index (χ1n) is 5.15. The van der Waals surface area contributed by atoms with E-state index >= 15 is 0 Å². The summed E-state index contributed by atoms with van der Waals surface area (Å²) < 4.78 is 12.2. The molecule has 0 atom stereocenters. The van der Waals surface area contributed by atoms with Gasteiger partial charge in [0.15, 0.2) is 6.29 Å². The maximum atomic E-state index is 10.9. The number of aldehydes is 1. The number of methoxy groups -OCH3 is 2. The maximum Gasteiger partial charge on any atom is 0.166 e. The molecule has 0 N–H and O–H groups in total. The van der Waals surface area contributed by atoms with Crippen molar-refractivity contribution in [3.63, 3.8) is 0 Å². The summed E-state index contributed by atoms with van der Waals surface area (Å²) in [5.74, 6) is 1.37. The van der Waals surface area contributed by atoms with E-state index in [1.807, 2.05) is 24.4 Å². The first-order chi connectivity index (χ1) is 8.30. The molecule has 0 bridgehead atoms. The molecule has 1 aromatic carbocycles. The van der Waals surface area contributed by atoms with Crippen molar-refractivity contribution in [2.45, 2.75) is 0 Å². The van der Waals surface area contributed by atoms with E-state index in [-0.39, 0.29) is 0 Å². The molecule has 0 aliphatic carbocycles. The van der Waals surface area contributed by atoms with Gasteiger partial charge < -0.3 is 14.0 Å². The Bertz CT molecular complexity index is 531. The molecule has 2 rings (SSSR count). The third kappa shape index (κ3) is 2.01. The highest BCUT2D eigenvalue weighted by atomic mass is 16.5. The first kappa shape index (κ1) is 11.3. The zero-order chi connectivity index (χ0) is 12.3. The Balaban J connectivity index is 2.55. The molecule has 0 amide bonds. The summed E-state index contributed by atoms with van der Waals surface area (Å²) in [4.78, 5) is 10.9. The van der Waals surface area contributed by atoms with E-state index in [4.69, 9.17) is 9.47 Å². The molecular weight excluding hydrogens is 218 g/mol. The van der Waals surface area contributed by atoms with Gasteiger partial charge in [-0.15, -0.1) is 0 Å². The minimum Gasteiger partial charge on any atom is -0.497 e. The average molecular weight is 231 g/mol. The summed E-state index contributed by atoms with van der Waals surface area (Å²) >= 11 is 0. The van der Waals surface area contributed by atoms with Crippen LogP contribution in [0.1, 0.15) is 10.5 Å². The minimum atomic E-state index is 0.577. The molecule has 0 radical (unpaired) electrons. The minimum absolute atomic E-state index is 0.577. The summed E-state index contributed by atoms with van der Waals surface area (Å²) in [7, 11) is 3.18. The van der Waals surface area contributed by atoms with Gasteiger partial charge in [-0.2, -0.15) is 0 Å². The predicted molar refractivity (Wildman–Crippen MR) is 64.3 cm³/mol. The van der Waals surface area contributed by atoms with E-state index < -0.39 is 0 Å². The van der Waals surface area contributed by atoms with Crippen LogP contribution in [0.5, 0.6) is 11.5 Å². The molecule has 0 saturated carbocycles. The third-order valence-electron chi connectivity index (χ3n) is 2.55. The summed E-state index contributed by atoms with van der Waals surface area (Å²) in [5.41, 5.74) is 1.38. The van der Waals surface area contributed by atoms with Gasteiger partial charge in [0.1, 0.15) is 11.5 Å². The van der Waals surface area contributed by atoms with Gasteiger partial charge in [-0.05, 0) is 24.3 Å². The van der Waals surface area contributed by atoms with E-state index in [0.29, 0.717) is 17.2 Å². The number of hydrogen-bond acceptors (Lipinski definition) is 3. The highest BCUT2D eigenvalue weighted by Crippen LogP contribution is 2.28. The predicted octanol–water partition coefficient (Wildman–Crippen LogP) is 2.31. The Morgan fingerprint density at radius 1 is 1.18 bits per heavy atom. The number of carbonyl (C=O) groups is 1. The zero-order valence-corrected chi connectivity index (χ0v) is 9.71. The standard InChI is InChI=1S/C13H13NO3/c1-16-11-5-6-12(13(8-11)17-2)14-7-3-4-10(14)9-15/h3-9H,1-2H3. The molecule has 0 unspecified atom stereocenters. The van der Waals surface area contributed by atoms with Crippen molar-refractivity contribution < 1.29 is 14.3 Å². The van der Waals surface area contributed by atoms with Gasteiger partial charge in [0, 0.05) is 12.3 Å². The van der Waals surface area contributed by atoms with Gasteiger partial charge in [-0.3, -0.25) is 4.79 Å². The highest BCUT2D eigenvalue weighted by molar-refractivity contribution is 5.74. The van der Waals surface area contributed by atoms with E-state index in [1.54, 1.807) is 30.9 Å². The number of aromatic nitrogens is 1. The van der Waals surface area contributed by atoms with E-state index in [0.717, 1.165) is 12.0 Å². The Morgan fingerprint density at radius 3 is 2.65 bits per heavy atom. The molecule has 0 aliphatic rings. The van der Waals surface area contributed by atoms with Gasteiger partial charge in [-0.1, -0.05) is 0 Å². The summed E-state index contributed by atoms with van der Waals surface area (Å²) in [6, 6.07) is 9.02. The second-order valence-corrected chi connectivity index (χ2v) is 3.46. The van der Waals surface area contributed by atoms with Crippen molar-refractivity contribution in [2.75, 3.05) is 14.2 Å². The number of ether oxygens (including phenoxy) is 2. The third-order valence-corrected chi connectivity index (χ3v) is 2.55. The van der Waals surface area contributed by atoms with Crippen LogP contribution in [0.15, 0.2) is 36.5 Å². The summed E-state index contributed by atoms with van der Waals surface area (Å²) in [6.45, 7) is 0. The Labute approximate surface area is 99.4 Å². The van der Waals surface area contributed by atoms with Gasteiger partial charge >= 0.3 is 0 Å². The second-order valence-electron chi connectivity index (χ2n) is 3.46. The Kier molecular flexibility index (Phi) is 3.14. The molecule has 4 heteroatoms. The van der Waals surface area contributed by atoms with Crippen molar-refractivity contribution in [3.05, 3.63) is 42.2 Å². The van der Waals surface area contributed by atoms with Crippen molar-refractivity contribution in [1.29, 1.82) is 0 Å².